The molecule has 0 spiro atoms. The number of urea groups is 1. The van der Waals surface area contributed by atoms with Crippen LogP contribution in [-0.2, 0) is 11.2 Å². The van der Waals surface area contributed by atoms with Crippen molar-refractivity contribution in [3.05, 3.63) is 35.9 Å². The topological polar surface area (TPSA) is 72.5 Å². The number of carbonyl (C=O) groups excluding carboxylic acids is 2. The number of hydrogen-bond donors (Lipinski definition) is 1. The molecule has 120 valence electrons. The number of likely N-dealkylation sites (tertiary alicyclic amines) is 1. The van der Waals surface area contributed by atoms with Gasteiger partial charge in [0, 0.05) is 13.1 Å². The maximum Gasteiger partial charge on any atom is 0.317 e. The number of carboxylic acid groups (broad SMARTS) is 1. The Morgan fingerprint density at radius 1 is 1.23 bits per heavy atom. The number of carboxylic acids is 1. The Morgan fingerprint density at radius 2 is 1.82 bits per heavy atom. The molecule has 2 rings (SSSR count). The average Bonchev–Trinajstić information content (AvgIpc) is 2.46. The minimum absolute atomic E-state index is 0.230. The molecule has 5 nitrogen and oxygen atoms in total. The number of piperidine rings is 1. The molecule has 1 aromatic rings. The first-order chi connectivity index (χ1) is 10.5. The van der Waals surface area contributed by atoms with Crippen LogP contribution in [0, 0.1) is 11.8 Å². The highest BCUT2D eigenvalue weighted by atomic mass is 16.4. The monoisotopic (exact) mass is 303 g/mol. The van der Waals surface area contributed by atoms with Crippen LogP contribution in [0.3, 0.4) is 0 Å². The third kappa shape index (κ3) is 4.48. The lowest BCUT2D eigenvalue weighted by molar-refractivity contribution is -0.308. The van der Waals surface area contributed by atoms with Crippen molar-refractivity contribution in [3.8, 4) is 0 Å². The Morgan fingerprint density at radius 3 is 2.36 bits per heavy atom. The van der Waals surface area contributed by atoms with E-state index in [0.29, 0.717) is 24.9 Å². The van der Waals surface area contributed by atoms with E-state index in [9.17, 15) is 14.7 Å². The third-order valence-corrected chi connectivity index (χ3v) is 4.02. The number of amides is 2. The number of nitrogens with one attached hydrogen (secondary N) is 1. The molecule has 1 heterocycles. The zero-order valence-corrected chi connectivity index (χ0v) is 13.1. The first-order valence-corrected chi connectivity index (χ1v) is 7.76. The fourth-order valence-electron chi connectivity index (χ4n) is 3.11. The Hall–Kier alpha value is -2.04. The lowest BCUT2D eigenvalue weighted by Crippen LogP contribution is -2.55. The van der Waals surface area contributed by atoms with Crippen molar-refractivity contribution >= 4 is 12.0 Å². The maximum atomic E-state index is 12.3. The molecule has 1 saturated heterocycles. The second-order valence-corrected chi connectivity index (χ2v) is 6.36. The zero-order chi connectivity index (χ0) is 16.1. The fraction of sp³-hybridized carbons (Fsp3) is 0.529. The van der Waals surface area contributed by atoms with Gasteiger partial charge in [-0.25, -0.2) is 4.79 Å². The van der Waals surface area contributed by atoms with E-state index in [1.54, 1.807) is 4.90 Å². The molecule has 1 aromatic carbocycles. The number of hydrogen-bond acceptors (Lipinski definition) is 3. The quantitative estimate of drug-likeness (QED) is 0.903. The van der Waals surface area contributed by atoms with Gasteiger partial charge >= 0.3 is 6.03 Å². The van der Waals surface area contributed by atoms with Crippen molar-refractivity contribution in [3.63, 3.8) is 0 Å². The molecule has 0 radical (unpaired) electrons. The van der Waals surface area contributed by atoms with Gasteiger partial charge in [-0.1, -0.05) is 44.2 Å². The van der Waals surface area contributed by atoms with Gasteiger partial charge < -0.3 is 20.1 Å². The predicted molar refractivity (Wildman–Crippen MR) is 82.0 cm³/mol. The number of carbonyl (C=O) groups is 2. The minimum atomic E-state index is -1.25. The molecule has 0 saturated carbocycles. The third-order valence-electron chi connectivity index (χ3n) is 4.02. The normalized spacial score (nSPS) is 22.9. The molecule has 1 aliphatic heterocycles. The van der Waals surface area contributed by atoms with Crippen LogP contribution in [0.5, 0.6) is 0 Å². The highest BCUT2D eigenvalue weighted by molar-refractivity contribution is 5.82. The highest BCUT2D eigenvalue weighted by Gasteiger charge is 2.26. The van der Waals surface area contributed by atoms with Crippen molar-refractivity contribution in [2.24, 2.45) is 11.8 Å². The molecule has 5 heteroatoms. The Bertz CT molecular complexity index is 508. The van der Waals surface area contributed by atoms with Crippen LogP contribution in [-0.4, -0.2) is 36.0 Å². The van der Waals surface area contributed by atoms with Gasteiger partial charge in [0.15, 0.2) is 0 Å². The van der Waals surface area contributed by atoms with Gasteiger partial charge in [-0.15, -0.1) is 0 Å². The van der Waals surface area contributed by atoms with E-state index in [4.69, 9.17) is 0 Å². The van der Waals surface area contributed by atoms with E-state index in [1.807, 2.05) is 30.3 Å². The van der Waals surface area contributed by atoms with E-state index >= 15 is 0 Å². The Labute approximate surface area is 131 Å². The Kier molecular flexibility index (Phi) is 5.41. The molecular weight excluding hydrogens is 280 g/mol. The minimum Gasteiger partial charge on any atom is -0.548 e. The van der Waals surface area contributed by atoms with E-state index in [0.717, 1.165) is 12.0 Å². The molecule has 1 aliphatic rings. The lowest BCUT2D eigenvalue weighted by Gasteiger charge is -2.36. The molecule has 0 unspecified atom stereocenters. The SMILES string of the molecule is C[C@H]1C[C@H](C)CN(C(=O)N[C@@H](Cc2ccccc2)C(=O)[O-])C1. The zero-order valence-electron chi connectivity index (χ0n) is 13.1. The van der Waals surface area contributed by atoms with Crippen molar-refractivity contribution in [2.45, 2.75) is 32.7 Å². The van der Waals surface area contributed by atoms with E-state index < -0.39 is 12.0 Å². The van der Waals surface area contributed by atoms with Gasteiger partial charge in [0.05, 0.1) is 12.0 Å². The summed E-state index contributed by atoms with van der Waals surface area (Å²) in [6, 6.07) is 7.91. The van der Waals surface area contributed by atoms with Crippen LogP contribution in [0.4, 0.5) is 4.79 Å². The first kappa shape index (κ1) is 16.3. The molecule has 1 N–H and O–H groups in total. The van der Waals surface area contributed by atoms with Gasteiger partial charge in [0.25, 0.3) is 0 Å². The molecule has 0 aromatic heterocycles. The Balaban J connectivity index is 1.98. The summed E-state index contributed by atoms with van der Waals surface area (Å²) in [5.41, 5.74) is 0.859. The van der Waals surface area contributed by atoms with E-state index in [1.165, 1.54) is 0 Å². The summed E-state index contributed by atoms with van der Waals surface area (Å²) in [7, 11) is 0. The van der Waals surface area contributed by atoms with Crippen LogP contribution in [0.2, 0.25) is 0 Å². The van der Waals surface area contributed by atoms with Gasteiger partial charge in [0.2, 0.25) is 0 Å². The molecular formula is C17H23N2O3-. The second-order valence-electron chi connectivity index (χ2n) is 6.36. The van der Waals surface area contributed by atoms with Crippen LogP contribution in [0.25, 0.3) is 0 Å². The van der Waals surface area contributed by atoms with Gasteiger partial charge in [0.1, 0.15) is 0 Å². The smallest absolute Gasteiger partial charge is 0.317 e. The van der Waals surface area contributed by atoms with E-state index in [-0.39, 0.29) is 12.5 Å². The van der Waals surface area contributed by atoms with Crippen molar-refractivity contribution < 1.29 is 14.7 Å². The number of aliphatic carboxylic acids is 1. The molecule has 22 heavy (non-hydrogen) atoms. The summed E-state index contributed by atoms with van der Waals surface area (Å²) in [5.74, 6) is -0.384. The average molecular weight is 303 g/mol. The molecule has 2 amide bonds. The fourth-order valence-corrected chi connectivity index (χ4v) is 3.11. The molecule has 3 atom stereocenters. The van der Waals surface area contributed by atoms with Crippen LogP contribution in [0.15, 0.2) is 30.3 Å². The second kappa shape index (κ2) is 7.29. The van der Waals surface area contributed by atoms with Gasteiger partial charge in [-0.3, -0.25) is 0 Å². The summed E-state index contributed by atoms with van der Waals surface area (Å²) in [5, 5.41) is 13.9. The van der Waals surface area contributed by atoms with Crippen molar-refractivity contribution in [1.82, 2.24) is 10.2 Å². The van der Waals surface area contributed by atoms with Gasteiger partial charge in [-0.2, -0.15) is 0 Å². The number of benzene rings is 1. The molecule has 1 fully saturated rings. The highest BCUT2D eigenvalue weighted by Crippen LogP contribution is 2.20. The summed E-state index contributed by atoms with van der Waals surface area (Å²) < 4.78 is 0. The molecule has 0 aliphatic carbocycles. The maximum absolute atomic E-state index is 12.3. The summed E-state index contributed by atoms with van der Waals surface area (Å²) in [4.78, 5) is 25.3. The first-order valence-electron chi connectivity index (χ1n) is 7.76. The van der Waals surface area contributed by atoms with Crippen LogP contribution >= 0.6 is 0 Å². The van der Waals surface area contributed by atoms with Gasteiger partial charge in [-0.05, 0) is 30.2 Å². The summed E-state index contributed by atoms with van der Waals surface area (Å²) in [6.45, 7) is 5.55. The largest absolute Gasteiger partial charge is 0.548 e. The number of nitrogens with zero attached hydrogens (tertiary/aromatic N) is 1. The number of rotatable bonds is 4. The standard InChI is InChI=1S/C17H24N2O3/c1-12-8-13(2)11-19(10-12)17(22)18-15(16(20)21)9-14-6-4-3-5-7-14/h3-7,12-13,15H,8-11H2,1-2H3,(H,18,22)(H,20,21)/p-1/t12-,13-,15-/m0/s1. The van der Waals surface area contributed by atoms with Crippen molar-refractivity contribution in [1.29, 1.82) is 0 Å². The van der Waals surface area contributed by atoms with Crippen molar-refractivity contribution in [2.75, 3.05) is 13.1 Å². The van der Waals surface area contributed by atoms with E-state index in [2.05, 4.69) is 19.2 Å². The molecule has 0 bridgehead atoms. The van der Waals surface area contributed by atoms with Crippen LogP contribution in [0.1, 0.15) is 25.8 Å². The summed E-state index contributed by atoms with van der Waals surface area (Å²) >= 11 is 0. The lowest BCUT2D eigenvalue weighted by atomic mass is 9.92. The van der Waals surface area contributed by atoms with Crippen LogP contribution < -0.4 is 10.4 Å². The summed E-state index contributed by atoms with van der Waals surface area (Å²) in [6.07, 6.45) is 1.32. The predicted octanol–water partition coefficient (Wildman–Crippen LogP) is 1.04.